The average molecular weight is 294 g/mol. The van der Waals surface area contributed by atoms with Crippen LogP contribution in [0.4, 0.5) is 13.2 Å². The lowest BCUT2D eigenvalue weighted by Gasteiger charge is -2.01. The molecule has 0 aliphatic rings. The third kappa shape index (κ3) is 1.69. The van der Waals surface area contributed by atoms with E-state index in [1.54, 1.807) is 0 Å². The van der Waals surface area contributed by atoms with Crippen LogP contribution < -0.4 is 0 Å². The third-order valence-corrected chi connectivity index (χ3v) is 2.27. The highest BCUT2D eigenvalue weighted by Crippen LogP contribution is 2.31. The Kier molecular flexibility index (Phi) is 2.45. The summed E-state index contributed by atoms with van der Waals surface area (Å²) in [6.45, 7) is 0. The number of nitrogens with zero attached hydrogens (tertiary/aromatic N) is 3. The molecule has 0 saturated carbocycles. The fourth-order valence-corrected chi connectivity index (χ4v) is 1.56. The number of aromatic nitrogens is 3. The van der Waals surface area contributed by atoms with Crippen LogP contribution in [-0.4, -0.2) is 20.7 Å². The zero-order chi connectivity index (χ0) is 11.9. The van der Waals surface area contributed by atoms with Crippen molar-refractivity contribution >= 4 is 28.0 Å². The van der Waals surface area contributed by atoms with Crippen molar-refractivity contribution in [1.29, 1.82) is 0 Å². The molecule has 84 valence electrons. The predicted octanol–water partition coefficient (Wildman–Crippen LogP) is 2.32. The first-order chi connectivity index (χ1) is 7.43. The summed E-state index contributed by atoms with van der Waals surface area (Å²) in [5, 5.41) is 0. The minimum absolute atomic E-state index is 0.108. The second kappa shape index (κ2) is 3.55. The fourth-order valence-electron chi connectivity index (χ4n) is 1.25. The van der Waals surface area contributed by atoms with E-state index in [0.717, 1.165) is 4.40 Å². The number of carbonyl (C=O) groups is 1. The number of alkyl halides is 3. The molecule has 0 radical (unpaired) electrons. The molecule has 0 amide bonds. The Morgan fingerprint density at radius 1 is 1.44 bits per heavy atom. The van der Waals surface area contributed by atoms with Crippen LogP contribution in [0.1, 0.15) is 16.2 Å². The van der Waals surface area contributed by atoms with Gasteiger partial charge in [0.1, 0.15) is 5.69 Å². The SMILES string of the molecule is O=Cc1c(C(F)(F)F)nc2ncc(Br)cn12. The maximum absolute atomic E-state index is 12.5. The molecule has 2 rings (SSSR count). The molecule has 0 bridgehead atoms. The fraction of sp³-hybridized carbons (Fsp3) is 0.125. The molecule has 0 unspecified atom stereocenters. The topological polar surface area (TPSA) is 47.3 Å². The Balaban J connectivity index is 2.82. The Hall–Kier alpha value is -1.44. The third-order valence-electron chi connectivity index (χ3n) is 1.87. The van der Waals surface area contributed by atoms with Crippen LogP contribution in [-0.2, 0) is 6.18 Å². The lowest BCUT2D eigenvalue weighted by atomic mass is 10.3. The normalized spacial score (nSPS) is 12.0. The summed E-state index contributed by atoms with van der Waals surface area (Å²) >= 11 is 3.05. The lowest BCUT2D eigenvalue weighted by molar-refractivity contribution is -0.141. The van der Waals surface area contributed by atoms with Crippen molar-refractivity contribution in [1.82, 2.24) is 14.4 Å². The van der Waals surface area contributed by atoms with E-state index in [4.69, 9.17) is 0 Å². The minimum atomic E-state index is -4.67. The van der Waals surface area contributed by atoms with Crippen LogP contribution in [0.25, 0.3) is 5.78 Å². The predicted molar refractivity (Wildman–Crippen MR) is 51.1 cm³/mol. The molecular formula is C8H3BrF3N3O. The number of aldehydes is 1. The molecule has 0 aromatic carbocycles. The van der Waals surface area contributed by atoms with Gasteiger partial charge in [-0.2, -0.15) is 13.2 Å². The Bertz CT molecular complexity index is 563. The van der Waals surface area contributed by atoms with Crippen LogP contribution in [0.5, 0.6) is 0 Å². The van der Waals surface area contributed by atoms with Gasteiger partial charge in [-0.15, -0.1) is 0 Å². The summed E-state index contributed by atoms with van der Waals surface area (Å²) in [4.78, 5) is 17.6. The molecule has 2 heterocycles. The van der Waals surface area contributed by atoms with Crippen LogP contribution in [0.15, 0.2) is 16.9 Å². The molecule has 0 aliphatic carbocycles. The van der Waals surface area contributed by atoms with E-state index in [-0.39, 0.29) is 12.1 Å². The summed E-state index contributed by atoms with van der Waals surface area (Å²) in [5.74, 6) is -0.169. The zero-order valence-corrected chi connectivity index (χ0v) is 9.08. The second-order valence-electron chi connectivity index (χ2n) is 2.90. The molecule has 0 aliphatic heterocycles. The highest BCUT2D eigenvalue weighted by Gasteiger charge is 2.38. The van der Waals surface area contributed by atoms with Crippen molar-refractivity contribution in [2.75, 3.05) is 0 Å². The van der Waals surface area contributed by atoms with Gasteiger partial charge in [-0.05, 0) is 15.9 Å². The van der Waals surface area contributed by atoms with Gasteiger partial charge >= 0.3 is 6.18 Å². The van der Waals surface area contributed by atoms with Crippen molar-refractivity contribution < 1.29 is 18.0 Å². The van der Waals surface area contributed by atoms with Gasteiger partial charge in [0, 0.05) is 12.4 Å². The van der Waals surface area contributed by atoms with Crippen LogP contribution >= 0.6 is 15.9 Å². The van der Waals surface area contributed by atoms with Crippen molar-refractivity contribution in [3.8, 4) is 0 Å². The minimum Gasteiger partial charge on any atom is -0.296 e. The zero-order valence-electron chi connectivity index (χ0n) is 7.49. The lowest BCUT2D eigenvalue weighted by Crippen LogP contribution is -2.09. The van der Waals surface area contributed by atoms with Gasteiger partial charge < -0.3 is 0 Å². The van der Waals surface area contributed by atoms with Gasteiger partial charge in [0.25, 0.3) is 0 Å². The van der Waals surface area contributed by atoms with E-state index >= 15 is 0 Å². The largest absolute Gasteiger partial charge is 0.435 e. The molecule has 0 fully saturated rings. The van der Waals surface area contributed by atoms with E-state index in [1.807, 2.05) is 0 Å². The molecular weight excluding hydrogens is 291 g/mol. The van der Waals surface area contributed by atoms with E-state index in [2.05, 4.69) is 25.9 Å². The summed E-state index contributed by atoms with van der Waals surface area (Å²) in [5.41, 5.74) is -1.79. The number of imidazole rings is 1. The van der Waals surface area contributed by atoms with Gasteiger partial charge in [0.05, 0.1) is 4.47 Å². The average Bonchev–Trinajstić information content (AvgIpc) is 2.54. The van der Waals surface area contributed by atoms with Gasteiger partial charge in [-0.3, -0.25) is 9.20 Å². The summed E-state index contributed by atoms with van der Waals surface area (Å²) in [6.07, 6.45) is -1.96. The highest BCUT2D eigenvalue weighted by atomic mass is 79.9. The number of rotatable bonds is 1. The number of halogens is 4. The molecule has 0 atom stereocenters. The van der Waals surface area contributed by atoms with Crippen molar-refractivity contribution in [3.63, 3.8) is 0 Å². The van der Waals surface area contributed by atoms with Gasteiger partial charge in [0.2, 0.25) is 5.78 Å². The summed E-state index contributed by atoms with van der Waals surface area (Å²) < 4.78 is 38.9. The molecule has 2 aromatic rings. The first-order valence-corrected chi connectivity index (χ1v) is 4.79. The maximum Gasteiger partial charge on any atom is 0.435 e. The van der Waals surface area contributed by atoms with E-state index in [1.165, 1.54) is 12.4 Å². The highest BCUT2D eigenvalue weighted by molar-refractivity contribution is 9.10. The summed E-state index contributed by atoms with van der Waals surface area (Å²) in [7, 11) is 0. The number of fused-ring (bicyclic) bond motifs is 1. The molecule has 2 aromatic heterocycles. The second-order valence-corrected chi connectivity index (χ2v) is 3.82. The first-order valence-electron chi connectivity index (χ1n) is 3.99. The van der Waals surface area contributed by atoms with E-state index in [0.29, 0.717) is 4.47 Å². The quantitative estimate of drug-likeness (QED) is 0.758. The summed E-state index contributed by atoms with van der Waals surface area (Å²) in [6, 6.07) is 0. The molecule has 0 saturated heterocycles. The van der Waals surface area contributed by atoms with Crippen molar-refractivity contribution in [2.24, 2.45) is 0 Å². The number of hydrogen-bond acceptors (Lipinski definition) is 3. The smallest absolute Gasteiger partial charge is 0.296 e. The standard InChI is InChI=1S/C8H3BrF3N3O/c9-4-1-13-7-14-6(8(10,11)12)5(3-16)15(7)2-4/h1-3H. The van der Waals surface area contributed by atoms with Crippen LogP contribution in [0.3, 0.4) is 0 Å². The molecule has 8 heteroatoms. The van der Waals surface area contributed by atoms with E-state index in [9.17, 15) is 18.0 Å². The number of carbonyl (C=O) groups excluding carboxylic acids is 1. The van der Waals surface area contributed by atoms with Crippen LogP contribution in [0, 0.1) is 0 Å². The van der Waals surface area contributed by atoms with Crippen LogP contribution in [0.2, 0.25) is 0 Å². The first kappa shape index (κ1) is 11.1. The molecule has 0 spiro atoms. The Labute approximate surface area is 95.2 Å². The maximum atomic E-state index is 12.5. The van der Waals surface area contributed by atoms with Gasteiger partial charge in [-0.25, -0.2) is 9.97 Å². The molecule has 4 nitrogen and oxygen atoms in total. The van der Waals surface area contributed by atoms with Crippen molar-refractivity contribution in [3.05, 3.63) is 28.3 Å². The van der Waals surface area contributed by atoms with E-state index < -0.39 is 17.6 Å². The Morgan fingerprint density at radius 2 is 2.12 bits per heavy atom. The van der Waals surface area contributed by atoms with Gasteiger partial charge in [-0.1, -0.05) is 0 Å². The number of hydrogen-bond donors (Lipinski definition) is 0. The molecule has 16 heavy (non-hydrogen) atoms. The molecule has 0 N–H and O–H groups in total. The van der Waals surface area contributed by atoms with Gasteiger partial charge in [0.15, 0.2) is 12.0 Å². The Morgan fingerprint density at radius 3 is 2.69 bits per heavy atom. The van der Waals surface area contributed by atoms with Crippen molar-refractivity contribution in [2.45, 2.75) is 6.18 Å². The monoisotopic (exact) mass is 293 g/mol.